The summed E-state index contributed by atoms with van der Waals surface area (Å²) < 4.78 is 4.90. The number of ether oxygens (including phenoxy) is 1. The highest BCUT2D eigenvalue weighted by Crippen LogP contribution is 2.04. The van der Waals surface area contributed by atoms with Gasteiger partial charge in [-0.25, -0.2) is 9.59 Å². The summed E-state index contributed by atoms with van der Waals surface area (Å²) in [6.07, 6.45) is -0.175. The van der Waals surface area contributed by atoms with Crippen molar-refractivity contribution >= 4 is 17.8 Å². The third-order valence-electron chi connectivity index (χ3n) is 2.37. The summed E-state index contributed by atoms with van der Waals surface area (Å²) in [7, 11) is 0. The number of carbonyl (C=O) groups is 3. The second-order valence-electron chi connectivity index (χ2n) is 3.72. The highest BCUT2D eigenvalue weighted by molar-refractivity contribution is 5.96. The van der Waals surface area contributed by atoms with Crippen LogP contribution in [-0.4, -0.2) is 47.0 Å². The third-order valence-corrected chi connectivity index (χ3v) is 2.37. The zero-order valence-corrected chi connectivity index (χ0v) is 11.1. The number of carboxylic acids is 1. The molecule has 0 saturated heterocycles. The van der Waals surface area contributed by atoms with Crippen molar-refractivity contribution < 1.29 is 24.2 Å². The maximum atomic E-state index is 11.8. The summed E-state index contributed by atoms with van der Waals surface area (Å²) in [6.45, 7) is 7.50. The summed E-state index contributed by atoms with van der Waals surface area (Å²) in [5, 5.41) is 8.48. The number of aliphatic carboxylic acids is 1. The van der Waals surface area contributed by atoms with E-state index in [1.54, 1.807) is 0 Å². The topological polar surface area (TPSA) is 83.9 Å². The second-order valence-corrected chi connectivity index (χ2v) is 3.72. The first kappa shape index (κ1) is 16.1. The van der Waals surface area contributed by atoms with E-state index in [0.717, 1.165) is 6.08 Å². The predicted molar refractivity (Wildman–Crippen MR) is 64.9 cm³/mol. The Labute approximate surface area is 106 Å². The number of hydrogen-bond acceptors (Lipinski definition) is 4. The van der Waals surface area contributed by atoms with E-state index >= 15 is 0 Å². The lowest BCUT2D eigenvalue weighted by Gasteiger charge is -2.22. The zero-order valence-electron chi connectivity index (χ0n) is 11.1. The maximum absolute atomic E-state index is 11.8. The van der Waals surface area contributed by atoms with Crippen molar-refractivity contribution in [1.29, 1.82) is 0 Å². The molecular formula is C12H19NO5. The molecule has 1 amide bonds. The van der Waals surface area contributed by atoms with Gasteiger partial charge in [-0.3, -0.25) is 4.79 Å². The minimum Gasteiger partial charge on any atom is -0.478 e. The molecule has 0 bridgehead atoms. The largest absolute Gasteiger partial charge is 0.478 e. The van der Waals surface area contributed by atoms with Gasteiger partial charge >= 0.3 is 11.9 Å². The van der Waals surface area contributed by atoms with Crippen LogP contribution in [0.2, 0.25) is 0 Å². The van der Waals surface area contributed by atoms with Gasteiger partial charge in [-0.05, 0) is 27.7 Å². The van der Waals surface area contributed by atoms with Gasteiger partial charge < -0.3 is 14.7 Å². The number of hydrogen-bond donors (Lipinski definition) is 1. The molecule has 0 spiro atoms. The SMILES string of the molecule is CCN(CC)C(=O)[C@H](C)OC(=O)/C(C)=C/C(=O)O. The smallest absolute Gasteiger partial charge is 0.334 e. The molecule has 0 aromatic heterocycles. The summed E-state index contributed by atoms with van der Waals surface area (Å²) in [5.41, 5.74) is -0.0540. The molecule has 18 heavy (non-hydrogen) atoms. The number of carbonyl (C=O) groups excluding carboxylic acids is 2. The first-order valence-corrected chi connectivity index (χ1v) is 5.74. The van der Waals surface area contributed by atoms with Crippen LogP contribution in [0.5, 0.6) is 0 Å². The van der Waals surface area contributed by atoms with Crippen LogP contribution in [0.4, 0.5) is 0 Å². The number of likely N-dealkylation sites (N-methyl/N-ethyl adjacent to an activating group) is 1. The Kier molecular flexibility index (Phi) is 6.70. The lowest BCUT2D eigenvalue weighted by Crippen LogP contribution is -2.39. The fourth-order valence-electron chi connectivity index (χ4n) is 1.34. The van der Waals surface area contributed by atoms with Crippen LogP contribution in [0.15, 0.2) is 11.6 Å². The molecular weight excluding hydrogens is 238 g/mol. The normalized spacial score (nSPS) is 12.8. The van der Waals surface area contributed by atoms with Gasteiger partial charge in [0.1, 0.15) is 0 Å². The van der Waals surface area contributed by atoms with Crippen molar-refractivity contribution in [3.8, 4) is 0 Å². The molecule has 102 valence electrons. The van der Waals surface area contributed by atoms with E-state index in [0.29, 0.717) is 13.1 Å². The first-order valence-electron chi connectivity index (χ1n) is 5.74. The van der Waals surface area contributed by atoms with Gasteiger partial charge in [0.2, 0.25) is 0 Å². The second kappa shape index (κ2) is 7.47. The Bertz CT molecular complexity index is 357. The van der Waals surface area contributed by atoms with Gasteiger partial charge in [-0.2, -0.15) is 0 Å². The van der Waals surface area contributed by atoms with Crippen LogP contribution in [0.3, 0.4) is 0 Å². The molecule has 0 saturated carbocycles. The van der Waals surface area contributed by atoms with E-state index in [1.807, 2.05) is 13.8 Å². The standard InChI is InChI=1S/C12H19NO5/c1-5-13(6-2)11(16)9(4)18-12(17)8(3)7-10(14)15/h7,9H,5-6H2,1-4H3,(H,14,15)/b8-7+/t9-/m0/s1. The highest BCUT2D eigenvalue weighted by atomic mass is 16.5. The molecule has 0 aromatic carbocycles. The Morgan fingerprint density at radius 2 is 1.78 bits per heavy atom. The van der Waals surface area contributed by atoms with Crippen LogP contribution in [0, 0.1) is 0 Å². The van der Waals surface area contributed by atoms with E-state index in [4.69, 9.17) is 9.84 Å². The molecule has 0 aliphatic rings. The van der Waals surface area contributed by atoms with E-state index in [9.17, 15) is 14.4 Å². The number of amides is 1. The summed E-state index contributed by atoms with van der Waals surface area (Å²) in [6, 6.07) is 0. The predicted octanol–water partition coefficient (Wildman–Crippen LogP) is 0.817. The minimum atomic E-state index is -1.23. The van der Waals surface area contributed by atoms with Gasteiger partial charge in [0, 0.05) is 24.7 Å². The lowest BCUT2D eigenvalue weighted by molar-refractivity contribution is -0.156. The average molecular weight is 257 g/mol. The molecule has 6 heteroatoms. The molecule has 6 nitrogen and oxygen atoms in total. The Morgan fingerprint density at radius 1 is 1.28 bits per heavy atom. The summed E-state index contributed by atoms with van der Waals surface area (Å²) >= 11 is 0. The summed E-state index contributed by atoms with van der Waals surface area (Å²) in [5.74, 6) is -2.32. The minimum absolute atomic E-state index is 0.0540. The zero-order chi connectivity index (χ0) is 14.3. The molecule has 1 atom stereocenters. The highest BCUT2D eigenvalue weighted by Gasteiger charge is 2.22. The van der Waals surface area contributed by atoms with Crippen molar-refractivity contribution in [2.24, 2.45) is 0 Å². The molecule has 0 aliphatic heterocycles. The lowest BCUT2D eigenvalue weighted by atomic mass is 10.2. The van der Waals surface area contributed by atoms with Crippen LogP contribution in [0.25, 0.3) is 0 Å². The molecule has 0 heterocycles. The maximum Gasteiger partial charge on any atom is 0.334 e. The molecule has 1 N–H and O–H groups in total. The van der Waals surface area contributed by atoms with Crippen molar-refractivity contribution in [2.75, 3.05) is 13.1 Å². The van der Waals surface area contributed by atoms with Crippen molar-refractivity contribution in [1.82, 2.24) is 4.90 Å². The fourth-order valence-corrected chi connectivity index (χ4v) is 1.34. The van der Waals surface area contributed by atoms with E-state index in [-0.39, 0.29) is 11.5 Å². The molecule has 0 unspecified atom stereocenters. The van der Waals surface area contributed by atoms with Gasteiger partial charge in [-0.15, -0.1) is 0 Å². The number of nitrogens with zero attached hydrogens (tertiary/aromatic N) is 1. The quantitative estimate of drug-likeness (QED) is 0.562. The van der Waals surface area contributed by atoms with Crippen molar-refractivity contribution in [2.45, 2.75) is 33.8 Å². The van der Waals surface area contributed by atoms with Crippen LogP contribution < -0.4 is 0 Å². The number of rotatable bonds is 6. The van der Waals surface area contributed by atoms with E-state index in [1.165, 1.54) is 18.7 Å². The Balaban J connectivity index is 4.57. The van der Waals surface area contributed by atoms with Gasteiger partial charge in [-0.1, -0.05) is 0 Å². The van der Waals surface area contributed by atoms with Gasteiger partial charge in [0.15, 0.2) is 6.10 Å². The van der Waals surface area contributed by atoms with E-state index < -0.39 is 18.0 Å². The van der Waals surface area contributed by atoms with Crippen LogP contribution in [-0.2, 0) is 19.1 Å². The number of carboxylic acid groups (broad SMARTS) is 1. The fraction of sp³-hybridized carbons (Fsp3) is 0.583. The Hall–Kier alpha value is -1.85. The molecule has 0 rings (SSSR count). The molecule has 0 aromatic rings. The van der Waals surface area contributed by atoms with Crippen molar-refractivity contribution in [3.63, 3.8) is 0 Å². The third kappa shape index (κ3) is 4.99. The van der Waals surface area contributed by atoms with Gasteiger partial charge in [0.05, 0.1) is 0 Å². The van der Waals surface area contributed by atoms with Crippen LogP contribution >= 0.6 is 0 Å². The Morgan fingerprint density at radius 3 is 2.17 bits per heavy atom. The summed E-state index contributed by atoms with van der Waals surface area (Å²) in [4.78, 5) is 35.2. The molecule has 0 aliphatic carbocycles. The molecule has 0 fully saturated rings. The van der Waals surface area contributed by atoms with E-state index in [2.05, 4.69) is 0 Å². The molecule has 0 radical (unpaired) electrons. The van der Waals surface area contributed by atoms with Gasteiger partial charge in [0.25, 0.3) is 5.91 Å². The number of esters is 1. The monoisotopic (exact) mass is 257 g/mol. The van der Waals surface area contributed by atoms with Crippen LogP contribution in [0.1, 0.15) is 27.7 Å². The van der Waals surface area contributed by atoms with Crippen molar-refractivity contribution in [3.05, 3.63) is 11.6 Å². The average Bonchev–Trinajstić information content (AvgIpc) is 2.29. The first-order chi connectivity index (χ1) is 8.33.